The molecule has 1 saturated heterocycles. The van der Waals surface area contributed by atoms with Crippen LogP contribution in [0, 0.1) is 5.92 Å². The number of carbonyl (C=O) groups is 1. The first-order valence-electron chi connectivity index (χ1n) is 6.37. The van der Waals surface area contributed by atoms with E-state index < -0.39 is 0 Å². The quantitative estimate of drug-likeness (QED) is 0.681. The van der Waals surface area contributed by atoms with Gasteiger partial charge in [-0.2, -0.15) is 0 Å². The van der Waals surface area contributed by atoms with Gasteiger partial charge in [0.2, 0.25) is 5.91 Å². The maximum absolute atomic E-state index is 11.3. The third kappa shape index (κ3) is 4.49. The molecular weight excluding hydrogens is 204 g/mol. The molecule has 0 aromatic heterocycles. The van der Waals surface area contributed by atoms with Crippen LogP contribution in [0.2, 0.25) is 0 Å². The fraction of sp³-hybridized carbons (Fsp3) is 0.917. The second-order valence-corrected chi connectivity index (χ2v) is 4.35. The zero-order valence-corrected chi connectivity index (χ0v) is 10.4. The van der Waals surface area contributed by atoms with Crippen molar-refractivity contribution < 1.29 is 9.53 Å². The van der Waals surface area contributed by atoms with Gasteiger partial charge in [0, 0.05) is 19.7 Å². The molecule has 1 amide bonds. The van der Waals surface area contributed by atoms with E-state index in [1.54, 1.807) is 0 Å². The van der Waals surface area contributed by atoms with Gasteiger partial charge in [-0.05, 0) is 25.2 Å². The summed E-state index contributed by atoms with van der Waals surface area (Å²) in [6, 6.07) is 0. The predicted molar refractivity (Wildman–Crippen MR) is 64.3 cm³/mol. The van der Waals surface area contributed by atoms with Crippen LogP contribution in [0.4, 0.5) is 0 Å². The van der Waals surface area contributed by atoms with Gasteiger partial charge in [-0.1, -0.05) is 13.8 Å². The first kappa shape index (κ1) is 13.5. The number of hydrogen-bond donors (Lipinski definition) is 2. The third-order valence-electron chi connectivity index (χ3n) is 3.01. The van der Waals surface area contributed by atoms with E-state index in [1.165, 1.54) is 0 Å². The van der Waals surface area contributed by atoms with E-state index in [2.05, 4.69) is 24.5 Å². The van der Waals surface area contributed by atoms with Crippen LogP contribution in [0.1, 0.15) is 33.1 Å². The summed E-state index contributed by atoms with van der Waals surface area (Å²) in [7, 11) is 0. The standard InChI is InChI=1S/C12H24N2O2/c1-3-6-14-12(15)9-13-8-10-5-7-16-11(10)4-2/h10-11,13H,3-9H2,1-2H3,(H,14,15). The second kappa shape index (κ2) is 7.63. The number of ether oxygens (including phenoxy) is 1. The lowest BCUT2D eigenvalue weighted by atomic mass is 10.00. The van der Waals surface area contributed by atoms with Gasteiger partial charge in [0.25, 0.3) is 0 Å². The maximum atomic E-state index is 11.3. The summed E-state index contributed by atoms with van der Waals surface area (Å²) in [6.45, 7) is 7.15. The average molecular weight is 228 g/mol. The van der Waals surface area contributed by atoms with Gasteiger partial charge in [0.1, 0.15) is 0 Å². The molecule has 0 aliphatic carbocycles. The van der Waals surface area contributed by atoms with E-state index in [4.69, 9.17) is 4.74 Å². The lowest BCUT2D eigenvalue weighted by Gasteiger charge is -2.17. The topological polar surface area (TPSA) is 50.4 Å². The highest BCUT2D eigenvalue weighted by molar-refractivity contribution is 5.77. The minimum atomic E-state index is 0.0915. The highest BCUT2D eigenvalue weighted by Crippen LogP contribution is 2.22. The molecule has 0 aromatic carbocycles. The normalized spacial score (nSPS) is 24.6. The summed E-state index contributed by atoms with van der Waals surface area (Å²) in [5.41, 5.74) is 0. The lowest BCUT2D eigenvalue weighted by Crippen LogP contribution is -2.37. The van der Waals surface area contributed by atoms with Gasteiger partial charge in [-0.15, -0.1) is 0 Å². The Balaban J connectivity index is 2.08. The third-order valence-corrected chi connectivity index (χ3v) is 3.01. The number of amides is 1. The number of carbonyl (C=O) groups excluding carboxylic acids is 1. The SMILES string of the molecule is CCCNC(=O)CNCC1CCOC1CC. The largest absolute Gasteiger partial charge is 0.378 e. The molecule has 94 valence electrons. The number of hydrogen-bond acceptors (Lipinski definition) is 3. The van der Waals surface area contributed by atoms with Crippen LogP contribution in [0.25, 0.3) is 0 Å². The van der Waals surface area contributed by atoms with Gasteiger partial charge >= 0.3 is 0 Å². The Bertz CT molecular complexity index is 209. The van der Waals surface area contributed by atoms with E-state index in [0.717, 1.165) is 39.0 Å². The minimum absolute atomic E-state index is 0.0915. The molecule has 1 fully saturated rings. The van der Waals surface area contributed by atoms with Gasteiger partial charge in [-0.3, -0.25) is 4.79 Å². The monoisotopic (exact) mass is 228 g/mol. The Morgan fingerprint density at radius 2 is 2.25 bits per heavy atom. The van der Waals surface area contributed by atoms with Gasteiger partial charge in [-0.25, -0.2) is 0 Å². The van der Waals surface area contributed by atoms with Crippen molar-refractivity contribution in [3.05, 3.63) is 0 Å². The van der Waals surface area contributed by atoms with Crippen molar-refractivity contribution in [3.63, 3.8) is 0 Å². The molecule has 2 N–H and O–H groups in total. The molecule has 0 radical (unpaired) electrons. The van der Waals surface area contributed by atoms with E-state index in [0.29, 0.717) is 18.6 Å². The molecular formula is C12H24N2O2. The molecule has 1 aliphatic rings. The summed E-state index contributed by atoms with van der Waals surface area (Å²) in [5.74, 6) is 0.665. The molecule has 0 aromatic rings. The number of rotatable bonds is 7. The Morgan fingerprint density at radius 3 is 2.94 bits per heavy atom. The summed E-state index contributed by atoms with van der Waals surface area (Å²) in [4.78, 5) is 11.3. The van der Waals surface area contributed by atoms with Crippen LogP contribution in [-0.2, 0) is 9.53 Å². The van der Waals surface area contributed by atoms with Crippen molar-refractivity contribution in [2.75, 3.05) is 26.2 Å². The Hall–Kier alpha value is -0.610. The zero-order valence-electron chi connectivity index (χ0n) is 10.4. The van der Waals surface area contributed by atoms with Crippen molar-refractivity contribution in [1.29, 1.82) is 0 Å². The van der Waals surface area contributed by atoms with Gasteiger partial charge < -0.3 is 15.4 Å². The van der Waals surface area contributed by atoms with Crippen LogP contribution in [0.3, 0.4) is 0 Å². The van der Waals surface area contributed by atoms with Crippen molar-refractivity contribution >= 4 is 5.91 Å². The first-order chi connectivity index (χ1) is 7.77. The predicted octanol–water partition coefficient (Wildman–Crippen LogP) is 0.917. The maximum Gasteiger partial charge on any atom is 0.233 e. The average Bonchev–Trinajstić information content (AvgIpc) is 2.74. The van der Waals surface area contributed by atoms with E-state index in [9.17, 15) is 4.79 Å². The highest BCUT2D eigenvalue weighted by atomic mass is 16.5. The van der Waals surface area contributed by atoms with Crippen LogP contribution >= 0.6 is 0 Å². The molecule has 1 rings (SSSR count). The van der Waals surface area contributed by atoms with Crippen LogP contribution < -0.4 is 10.6 Å². The minimum Gasteiger partial charge on any atom is -0.378 e. The molecule has 1 heterocycles. The summed E-state index contributed by atoms with van der Waals surface area (Å²) in [5, 5.41) is 6.06. The first-order valence-corrected chi connectivity index (χ1v) is 6.37. The summed E-state index contributed by atoms with van der Waals surface area (Å²) in [6.07, 6.45) is 3.54. The van der Waals surface area contributed by atoms with Crippen molar-refractivity contribution in [3.8, 4) is 0 Å². The summed E-state index contributed by atoms with van der Waals surface area (Å²) >= 11 is 0. The van der Waals surface area contributed by atoms with Crippen LogP contribution in [0.5, 0.6) is 0 Å². The molecule has 2 atom stereocenters. The highest BCUT2D eigenvalue weighted by Gasteiger charge is 2.26. The molecule has 2 unspecified atom stereocenters. The van der Waals surface area contributed by atoms with Crippen molar-refractivity contribution in [2.24, 2.45) is 5.92 Å². The number of nitrogens with one attached hydrogen (secondary N) is 2. The molecule has 0 saturated carbocycles. The van der Waals surface area contributed by atoms with E-state index in [1.807, 2.05) is 0 Å². The Morgan fingerprint density at radius 1 is 1.44 bits per heavy atom. The molecule has 1 aliphatic heterocycles. The van der Waals surface area contributed by atoms with E-state index >= 15 is 0 Å². The van der Waals surface area contributed by atoms with Gasteiger partial charge in [0.15, 0.2) is 0 Å². The lowest BCUT2D eigenvalue weighted by molar-refractivity contribution is -0.120. The summed E-state index contributed by atoms with van der Waals surface area (Å²) < 4.78 is 5.60. The smallest absolute Gasteiger partial charge is 0.233 e. The van der Waals surface area contributed by atoms with Crippen molar-refractivity contribution in [1.82, 2.24) is 10.6 Å². The second-order valence-electron chi connectivity index (χ2n) is 4.35. The van der Waals surface area contributed by atoms with Crippen molar-refractivity contribution in [2.45, 2.75) is 39.2 Å². The Labute approximate surface area is 98.1 Å². The molecule has 4 heteroatoms. The fourth-order valence-corrected chi connectivity index (χ4v) is 2.08. The molecule has 0 spiro atoms. The molecule has 0 bridgehead atoms. The molecule has 16 heavy (non-hydrogen) atoms. The van der Waals surface area contributed by atoms with E-state index in [-0.39, 0.29) is 5.91 Å². The zero-order chi connectivity index (χ0) is 11.8. The fourth-order valence-electron chi connectivity index (χ4n) is 2.08. The Kier molecular flexibility index (Phi) is 6.42. The molecule has 4 nitrogen and oxygen atoms in total. The van der Waals surface area contributed by atoms with Crippen LogP contribution in [0.15, 0.2) is 0 Å². The van der Waals surface area contributed by atoms with Gasteiger partial charge in [0.05, 0.1) is 12.6 Å². The van der Waals surface area contributed by atoms with Crippen LogP contribution in [-0.4, -0.2) is 38.3 Å².